The largest absolute Gasteiger partial charge is 0.497 e. The van der Waals surface area contributed by atoms with Gasteiger partial charge in [0.2, 0.25) is 0 Å². The van der Waals surface area contributed by atoms with E-state index in [1.807, 2.05) is 57.2 Å². The van der Waals surface area contributed by atoms with Crippen molar-refractivity contribution < 1.29 is 14.3 Å². The van der Waals surface area contributed by atoms with Crippen LogP contribution in [0.3, 0.4) is 0 Å². The lowest BCUT2D eigenvalue weighted by Gasteiger charge is -2.36. The van der Waals surface area contributed by atoms with Gasteiger partial charge in [0.1, 0.15) is 21.5 Å². The Balaban J connectivity index is 1.55. The molecule has 2 unspecified atom stereocenters. The van der Waals surface area contributed by atoms with E-state index >= 15 is 0 Å². The van der Waals surface area contributed by atoms with E-state index in [-0.39, 0.29) is 23.7 Å². The molecule has 5 rings (SSSR count). The molecule has 4 heterocycles. The SMILES string of the molecule is COc1ccc(CN2C(=O)C(=Cc3c(N4CC(C)OC(C)C4)nc4ccc(C)cn4c3=O)SC2=S)cc1. The third kappa shape index (κ3) is 5.14. The molecule has 0 aliphatic carbocycles. The van der Waals surface area contributed by atoms with Crippen LogP contribution in [0.1, 0.15) is 30.5 Å². The minimum absolute atomic E-state index is 0.0161. The third-order valence-corrected chi connectivity index (χ3v) is 7.73. The van der Waals surface area contributed by atoms with Gasteiger partial charge in [0.05, 0.1) is 36.3 Å². The van der Waals surface area contributed by atoms with Gasteiger partial charge in [0.15, 0.2) is 0 Å². The zero-order valence-electron chi connectivity index (χ0n) is 21.1. The first-order valence-electron chi connectivity index (χ1n) is 12.0. The summed E-state index contributed by atoms with van der Waals surface area (Å²) in [7, 11) is 1.61. The molecular weight excluding hydrogens is 508 g/mol. The van der Waals surface area contributed by atoms with Gasteiger partial charge < -0.3 is 14.4 Å². The van der Waals surface area contributed by atoms with Crippen LogP contribution in [0, 0.1) is 6.92 Å². The molecule has 10 heteroatoms. The predicted molar refractivity (Wildman–Crippen MR) is 150 cm³/mol. The Kier molecular flexibility index (Phi) is 7.06. The number of aryl methyl sites for hydroxylation is 1. The van der Waals surface area contributed by atoms with Crippen LogP contribution in [0.25, 0.3) is 11.7 Å². The molecule has 1 amide bonds. The van der Waals surface area contributed by atoms with Crippen molar-refractivity contribution in [2.45, 2.75) is 39.5 Å². The number of carbonyl (C=O) groups is 1. The van der Waals surface area contributed by atoms with Crippen molar-refractivity contribution in [2.75, 3.05) is 25.1 Å². The highest BCUT2D eigenvalue weighted by Gasteiger charge is 2.33. The van der Waals surface area contributed by atoms with Crippen molar-refractivity contribution >= 4 is 51.7 Å². The number of nitrogens with zero attached hydrogens (tertiary/aromatic N) is 4. The molecule has 2 fully saturated rings. The Labute approximate surface area is 224 Å². The van der Waals surface area contributed by atoms with E-state index in [0.29, 0.717) is 45.9 Å². The van der Waals surface area contributed by atoms with E-state index in [4.69, 9.17) is 26.7 Å². The Morgan fingerprint density at radius 2 is 1.84 bits per heavy atom. The molecule has 0 saturated carbocycles. The van der Waals surface area contributed by atoms with Crippen LogP contribution in [0.4, 0.5) is 5.82 Å². The van der Waals surface area contributed by atoms with E-state index in [0.717, 1.165) is 16.9 Å². The number of benzene rings is 1. The number of thioether (sulfide) groups is 1. The molecule has 2 aliphatic heterocycles. The number of hydrogen-bond donors (Lipinski definition) is 0. The Hall–Kier alpha value is -3.21. The second kappa shape index (κ2) is 10.3. The van der Waals surface area contributed by atoms with Gasteiger partial charge in [-0.2, -0.15) is 0 Å². The number of carbonyl (C=O) groups excluding carboxylic acids is 1. The Morgan fingerprint density at radius 3 is 2.51 bits per heavy atom. The lowest BCUT2D eigenvalue weighted by atomic mass is 10.1. The molecule has 37 heavy (non-hydrogen) atoms. The van der Waals surface area contributed by atoms with Gasteiger partial charge in [-0.05, 0) is 56.2 Å². The second-order valence-electron chi connectivity index (χ2n) is 9.37. The molecule has 0 bridgehead atoms. The molecule has 0 N–H and O–H groups in total. The third-order valence-electron chi connectivity index (χ3n) is 6.35. The molecule has 2 aromatic heterocycles. The summed E-state index contributed by atoms with van der Waals surface area (Å²) < 4.78 is 13.1. The lowest BCUT2D eigenvalue weighted by molar-refractivity contribution is -0.122. The van der Waals surface area contributed by atoms with E-state index in [9.17, 15) is 9.59 Å². The van der Waals surface area contributed by atoms with Crippen LogP contribution < -0.4 is 15.2 Å². The number of anilines is 1. The molecular formula is C27H28N4O4S2. The summed E-state index contributed by atoms with van der Waals surface area (Å²) in [4.78, 5) is 36.1. The number of ether oxygens (including phenoxy) is 2. The van der Waals surface area contributed by atoms with E-state index in [1.54, 1.807) is 24.3 Å². The Bertz CT molecular complexity index is 1460. The van der Waals surface area contributed by atoms with E-state index < -0.39 is 0 Å². The van der Waals surface area contributed by atoms with Gasteiger partial charge >= 0.3 is 0 Å². The fraction of sp³-hybridized carbons (Fsp3) is 0.333. The minimum Gasteiger partial charge on any atom is -0.497 e. The molecule has 3 aromatic rings. The molecule has 8 nitrogen and oxygen atoms in total. The standard InChI is InChI=1S/C27H28N4O4S2/c1-16-5-10-23-28-24(29-13-17(2)35-18(3)14-29)21(25(32)30(23)12-16)11-22-26(33)31(27(36)37-22)15-19-6-8-20(34-4)9-7-19/h5-12,17-18H,13-15H2,1-4H3. The zero-order chi connectivity index (χ0) is 26.3. The predicted octanol–water partition coefficient (Wildman–Crippen LogP) is 4.03. The van der Waals surface area contributed by atoms with Crippen LogP contribution in [0.5, 0.6) is 5.75 Å². The van der Waals surface area contributed by atoms with Crippen LogP contribution in [-0.4, -0.2) is 56.9 Å². The van der Waals surface area contributed by atoms with Gasteiger partial charge in [-0.1, -0.05) is 42.2 Å². The molecule has 192 valence electrons. The van der Waals surface area contributed by atoms with Crippen molar-refractivity contribution in [3.63, 3.8) is 0 Å². The number of fused-ring (bicyclic) bond motifs is 1. The fourth-order valence-corrected chi connectivity index (χ4v) is 5.88. The molecule has 2 saturated heterocycles. The molecule has 2 aliphatic rings. The number of amides is 1. The first-order chi connectivity index (χ1) is 17.7. The Morgan fingerprint density at radius 1 is 1.14 bits per heavy atom. The average molecular weight is 537 g/mol. The summed E-state index contributed by atoms with van der Waals surface area (Å²) in [6.07, 6.45) is 3.39. The van der Waals surface area contributed by atoms with Crippen molar-refractivity contribution in [3.05, 3.63) is 74.5 Å². The lowest BCUT2D eigenvalue weighted by Crippen LogP contribution is -2.46. The van der Waals surface area contributed by atoms with Crippen LogP contribution in [0.2, 0.25) is 0 Å². The maximum Gasteiger partial charge on any atom is 0.267 e. The summed E-state index contributed by atoms with van der Waals surface area (Å²) in [6.45, 7) is 7.46. The summed E-state index contributed by atoms with van der Waals surface area (Å²) in [5.41, 5.74) is 2.57. The molecule has 2 atom stereocenters. The first kappa shape index (κ1) is 25.4. The number of aromatic nitrogens is 2. The van der Waals surface area contributed by atoms with Crippen LogP contribution >= 0.6 is 24.0 Å². The van der Waals surface area contributed by atoms with Gasteiger partial charge in [0.25, 0.3) is 11.5 Å². The van der Waals surface area contributed by atoms with Gasteiger partial charge in [-0.3, -0.25) is 18.9 Å². The quantitative estimate of drug-likeness (QED) is 0.358. The van der Waals surface area contributed by atoms with Crippen molar-refractivity contribution in [1.82, 2.24) is 14.3 Å². The number of methoxy groups -OCH3 is 1. The van der Waals surface area contributed by atoms with Crippen LogP contribution in [0.15, 0.2) is 52.3 Å². The van der Waals surface area contributed by atoms with Gasteiger partial charge in [-0.25, -0.2) is 4.98 Å². The van der Waals surface area contributed by atoms with Crippen molar-refractivity contribution in [1.29, 1.82) is 0 Å². The fourth-order valence-electron chi connectivity index (χ4n) is 4.65. The van der Waals surface area contributed by atoms with Gasteiger partial charge in [-0.15, -0.1) is 0 Å². The number of thiocarbonyl (C=S) groups is 1. The summed E-state index contributed by atoms with van der Waals surface area (Å²) in [6, 6.07) is 11.3. The van der Waals surface area contributed by atoms with Crippen molar-refractivity contribution in [3.8, 4) is 5.75 Å². The smallest absolute Gasteiger partial charge is 0.267 e. The topological polar surface area (TPSA) is 76.4 Å². The molecule has 1 aromatic carbocycles. The van der Waals surface area contributed by atoms with Crippen molar-refractivity contribution in [2.24, 2.45) is 0 Å². The van der Waals surface area contributed by atoms with E-state index in [2.05, 4.69) is 4.90 Å². The minimum atomic E-state index is -0.228. The number of hydrogen-bond acceptors (Lipinski definition) is 8. The maximum atomic E-state index is 13.8. The number of rotatable bonds is 5. The molecule has 0 spiro atoms. The summed E-state index contributed by atoms with van der Waals surface area (Å²) >= 11 is 6.75. The highest BCUT2D eigenvalue weighted by atomic mass is 32.2. The first-order valence-corrected chi connectivity index (χ1v) is 13.3. The molecule has 0 radical (unpaired) electrons. The van der Waals surface area contributed by atoms with E-state index in [1.165, 1.54) is 16.2 Å². The summed E-state index contributed by atoms with van der Waals surface area (Å²) in [5, 5.41) is 0. The zero-order valence-corrected chi connectivity index (χ0v) is 22.8. The normalized spacial score (nSPS) is 21.4. The van der Waals surface area contributed by atoms with Gasteiger partial charge in [0, 0.05) is 19.3 Å². The maximum absolute atomic E-state index is 13.8. The number of morpholine rings is 1. The average Bonchev–Trinajstić information content (AvgIpc) is 3.13. The summed E-state index contributed by atoms with van der Waals surface area (Å²) in [5.74, 6) is 1.07. The van der Waals surface area contributed by atoms with Crippen LogP contribution in [-0.2, 0) is 16.1 Å². The number of pyridine rings is 1. The monoisotopic (exact) mass is 536 g/mol. The highest BCUT2D eigenvalue weighted by Crippen LogP contribution is 2.35. The second-order valence-corrected chi connectivity index (χ2v) is 11.0. The highest BCUT2D eigenvalue weighted by molar-refractivity contribution is 8.26.